The Labute approximate surface area is 150 Å². The standard InChI is InChI=1S/C11H27N3O8Si3/c1-18-23(4,9-12-6-15)21-25(20-3,11-14-8-17)22-24(5,19-2)10-13-7-16/h6-8H,9-11H2,1-5H3,(H,12,15)(H,13,16)(H,14,17). The first-order valence-corrected chi connectivity index (χ1v) is 14.3. The normalized spacial score (nSPS) is 18.1. The maximum Gasteiger partial charge on any atom is 0.503 e. The lowest BCUT2D eigenvalue weighted by atomic mass is 11.2. The molecule has 0 spiro atoms. The molecule has 0 aromatic carbocycles. The summed E-state index contributed by atoms with van der Waals surface area (Å²) in [7, 11) is -4.98. The van der Waals surface area contributed by atoms with Gasteiger partial charge in [0.25, 0.3) is 0 Å². The van der Waals surface area contributed by atoms with E-state index < -0.39 is 25.9 Å². The fourth-order valence-electron chi connectivity index (χ4n) is 1.83. The van der Waals surface area contributed by atoms with Crippen LogP contribution < -0.4 is 16.0 Å². The van der Waals surface area contributed by atoms with E-state index in [4.69, 9.17) is 21.5 Å². The van der Waals surface area contributed by atoms with E-state index >= 15 is 0 Å². The molecule has 0 radical (unpaired) electrons. The first-order valence-electron chi connectivity index (χ1n) is 7.35. The van der Waals surface area contributed by atoms with E-state index in [1.165, 1.54) is 21.3 Å². The lowest BCUT2D eigenvalue weighted by Gasteiger charge is -2.40. The van der Waals surface area contributed by atoms with Crippen LogP contribution in [0.3, 0.4) is 0 Å². The molecule has 3 amide bonds. The lowest BCUT2D eigenvalue weighted by molar-refractivity contribution is -0.110. The van der Waals surface area contributed by atoms with Crippen LogP contribution in [0.4, 0.5) is 0 Å². The van der Waals surface area contributed by atoms with Crippen molar-refractivity contribution in [3.63, 3.8) is 0 Å². The molecule has 0 saturated heterocycles. The van der Waals surface area contributed by atoms with Gasteiger partial charge in [0.05, 0.1) is 18.5 Å². The van der Waals surface area contributed by atoms with Crippen LogP contribution in [0.25, 0.3) is 0 Å². The quantitative estimate of drug-likeness (QED) is 0.193. The van der Waals surface area contributed by atoms with E-state index in [0.29, 0.717) is 19.2 Å². The van der Waals surface area contributed by atoms with Gasteiger partial charge in [-0.2, -0.15) is 0 Å². The van der Waals surface area contributed by atoms with Crippen LogP contribution in [0.2, 0.25) is 13.1 Å². The Hall–Kier alpha value is -1.14. The third-order valence-electron chi connectivity index (χ3n) is 3.33. The zero-order valence-electron chi connectivity index (χ0n) is 15.1. The second-order valence-corrected chi connectivity index (χ2v) is 15.1. The van der Waals surface area contributed by atoms with Crippen molar-refractivity contribution in [2.45, 2.75) is 13.1 Å². The molecule has 25 heavy (non-hydrogen) atoms. The molecule has 0 fully saturated rings. The van der Waals surface area contributed by atoms with Gasteiger partial charge in [-0.3, -0.25) is 14.4 Å². The molecule has 0 heterocycles. The van der Waals surface area contributed by atoms with Crippen LogP contribution in [0, 0.1) is 0 Å². The molecule has 0 rings (SSSR count). The smallest absolute Gasteiger partial charge is 0.397 e. The zero-order chi connectivity index (χ0) is 19.4. The van der Waals surface area contributed by atoms with Gasteiger partial charge in [-0.15, -0.1) is 0 Å². The van der Waals surface area contributed by atoms with E-state index in [1.807, 2.05) is 0 Å². The molecule has 3 N–H and O–H groups in total. The summed E-state index contributed by atoms with van der Waals surface area (Å²) in [4.78, 5) is 32.0. The number of carbonyl (C=O) groups excluding carboxylic acids is 3. The van der Waals surface area contributed by atoms with E-state index in [9.17, 15) is 14.4 Å². The van der Waals surface area contributed by atoms with Crippen molar-refractivity contribution in [3.8, 4) is 0 Å². The number of rotatable bonds is 16. The molecule has 14 heteroatoms. The summed E-state index contributed by atoms with van der Waals surface area (Å²) in [5, 5.41) is 7.56. The van der Waals surface area contributed by atoms with E-state index in [0.717, 1.165) is 0 Å². The number of amides is 3. The molecule has 0 aromatic heterocycles. The maximum atomic E-state index is 10.8. The van der Waals surface area contributed by atoms with Gasteiger partial charge in [0.15, 0.2) is 0 Å². The fraction of sp³-hybridized carbons (Fsp3) is 0.727. The van der Waals surface area contributed by atoms with Gasteiger partial charge < -0.3 is 37.5 Å². The molecule has 0 aliphatic carbocycles. The van der Waals surface area contributed by atoms with Crippen LogP contribution in [0.5, 0.6) is 0 Å². The Balaban J connectivity index is 5.55. The van der Waals surface area contributed by atoms with Crippen molar-refractivity contribution >= 4 is 45.2 Å². The van der Waals surface area contributed by atoms with E-state index in [1.54, 1.807) is 13.1 Å². The number of hydrogen-bond donors (Lipinski definition) is 3. The molecule has 0 aromatic rings. The summed E-state index contributed by atoms with van der Waals surface area (Å²) in [6, 6.07) is 0. The van der Waals surface area contributed by atoms with Gasteiger partial charge in [0, 0.05) is 21.3 Å². The maximum absolute atomic E-state index is 10.8. The Morgan fingerprint density at radius 1 is 0.680 bits per heavy atom. The molecular weight excluding hydrogens is 386 g/mol. The topological polar surface area (TPSA) is 133 Å². The van der Waals surface area contributed by atoms with Gasteiger partial charge in [-0.25, -0.2) is 0 Å². The number of hydrogen-bond acceptors (Lipinski definition) is 8. The molecule has 0 aliphatic rings. The van der Waals surface area contributed by atoms with Crippen molar-refractivity contribution in [2.75, 3.05) is 39.8 Å². The highest BCUT2D eigenvalue weighted by Gasteiger charge is 2.53. The minimum atomic E-state index is -3.48. The van der Waals surface area contributed by atoms with Gasteiger partial charge in [0.1, 0.15) is 0 Å². The summed E-state index contributed by atoms with van der Waals surface area (Å²) in [5.41, 5.74) is 0. The summed E-state index contributed by atoms with van der Waals surface area (Å²) >= 11 is 0. The number of carbonyl (C=O) groups is 3. The Kier molecular flexibility index (Phi) is 10.9. The van der Waals surface area contributed by atoms with Crippen LogP contribution in [0.1, 0.15) is 0 Å². The first-order chi connectivity index (χ1) is 11.8. The minimum Gasteiger partial charge on any atom is -0.397 e. The van der Waals surface area contributed by atoms with Crippen LogP contribution in [0.15, 0.2) is 0 Å². The monoisotopic (exact) mass is 413 g/mol. The molecule has 2 unspecified atom stereocenters. The summed E-state index contributed by atoms with van der Waals surface area (Å²) in [6.45, 7) is 3.45. The predicted molar refractivity (Wildman–Crippen MR) is 94.4 cm³/mol. The number of nitrogens with one attached hydrogen (secondary N) is 3. The van der Waals surface area contributed by atoms with Gasteiger partial charge >= 0.3 is 25.9 Å². The van der Waals surface area contributed by atoms with Gasteiger partial charge in [-0.1, -0.05) is 0 Å². The van der Waals surface area contributed by atoms with Gasteiger partial charge in [0.2, 0.25) is 19.2 Å². The van der Waals surface area contributed by atoms with Crippen molar-refractivity contribution in [1.82, 2.24) is 16.0 Å². The first kappa shape index (κ1) is 23.9. The average molecular weight is 414 g/mol. The Bertz CT molecular complexity index is 407. The Morgan fingerprint density at radius 2 is 1.04 bits per heavy atom. The third kappa shape index (κ3) is 8.19. The molecule has 0 bridgehead atoms. The SMILES string of the molecule is CO[Si](C)(CNC=O)O[Si](CNC=O)(OC)O[Si](C)(CNC=O)OC. The highest BCUT2D eigenvalue weighted by molar-refractivity contribution is 6.83. The molecule has 146 valence electrons. The van der Waals surface area contributed by atoms with E-state index in [2.05, 4.69) is 16.0 Å². The molecule has 0 saturated carbocycles. The summed E-state index contributed by atoms with van der Waals surface area (Å²) in [6.07, 6.45) is 1.87. The molecule has 2 atom stereocenters. The average Bonchev–Trinajstić information content (AvgIpc) is 2.63. The molecular formula is C11H27N3O8Si3. The lowest BCUT2D eigenvalue weighted by Crippen LogP contribution is -2.68. The fourth-order valence-corrected chi connectivity index (χ4v) is 11.8. The highest BCUT2D eigenvalue weighted by atomic mass is 28.5. The van der Waals surface area contributed by atoms with Gasteiger partial charge in [-0.05, 0) is 13.1 Å². The second-order valence-electron chi connectivity index (χ2n) is 5.26. The zero-order valence-corrected chi connectivity index (χ0v) is 18.1. The summed E-state index contributed by atoms with van der Waals surface area (Å²) in [5.74, 6) is 0. The van der Waals surface area contributed by atoms with Crippen molar-refractivity contribution in [1.29, 1.82) is 0 Å². The van der Waals surface area contributed by atoms with Crippen LogP contribution in [-0.2, 0) is 35.9 Å². The largest absolute Gasteiger partial charge is 0.503 e. The highest BCUT2D eigenvalue weighted by Crippen LogP contribution is 2.21. The second kappa shape index (κ2) is 11.5. The van der Waals surface area contributed by atoms with Crippen molar-refractivity contribution in [3.05, 3.63) is 0 Å². The molecule has 0 aliphatic heterocycles. The minimum absolute atomic E-state index is 0.0208. The van der Waals surface area contributed by atoms with Crippen LogP contribution in [-0.4, -0.2) is 85.0 Å². The van der Waals surface area contributed by atoms with Crippen LogP contribution >= 0.6 is 0 Å². The van der Waals surface area contributed by atoms with Crippen molar-refractivity contribution in [2.24, 2.45) is 0 Å². The van der Waals surface area contributed by atoms with Crippen molar-refractivity contribution < 1.29 is 35.9 Å². The third-order valence-corrected chi connectivity index (χ3v) is 14.0. The molecule has 11 nitrogen and oxygen atoms in total. The van der Waals surface area contributed by atoms with E-state index in [-0.39, 0.29) is 18.5 Å². The summed E-state index contributed by atoms with van der Waals surface area (Å²) < 4.78 is 28.7. The Morgan fingerprint density at radius 3 is 1.32 bits per heavy atom. The predicted octanol–water partition coefficient (Wildman–Crippen LogP) is -2.10.